The highest BCUT2D eigenvalue weighted by Gasteiger charge is 2.09. The number of benzene rings is 1. The van der Waals surface area contributed by atoms with Gasteiger partial charge in [0.2, 0.25) is 0 Å². The van der Waals surface area contributed by atoms with Crippen LogP contribution >= 0.6 is 0 Å². The SMILES string of the molecule is C=CCc1cccc(OC)c1OCCCCn1ccnc1.O=C(O)C(=O)O. The summed E-state index contributed by atoms with van der Waals surface area (Å²) in [6.45, 7) is 5.43. The lowest BCUT2D eigenvalue weighted by Crippen LogP contribution is -2.09. The lowest BCUT2D eigenvalue weighted by atomic mass is 10.1. The van der Waals surface area contributed by atoms with Crippen molar-refractivity contribution in [3.05, 3.63) is 55.1 Å². The number of carboxylic acids is 2. The number of imidazole rings is 1. The summed E-state index contributed by atoms with van der Waals surface area (Å²) in [5.41, 5.74) is 1.11. The first-order valence-electron chi connectivity index (χ1n) is 8.31. The molecule has 1 aromatic heterocycles. The summed E-state index contributed by atoms with van der Waals surface area (Å²) in [6, 6.07) is 5.95. The Morgan fingerprint density at radius 3 is 2.56 bits per heavy atom. The zero-order chi connectivity index (χ0) is 20.1. The van der Waals surface area contributed by atoms with Crippen LogP contribution in [0.1, 0.15) is 18.4 Å². The molecule has 0 saturated carbocycles. The summed E-state index contributed by atoms with van der Waals surface area (Å²) in [5, 5.41) is 14.8. The minimum atomic E-state index is -1.82. The summed E-state index contributed by atoms with van der Waals surface area (Å²) >= 11 is 0. The number of carboxylic acid groups (broad SMARTS) is 2. The van der Waals surface area contributed by atoms with Crippen molar-refractivity contribution in [3.8, 4) is 11.5 Å². The predicted molar refractivity (Wildman–Crippen MR) is 99.1 cm³/mol. The molecule has 0 fully saturated rings. The van der Waals surface area contributed by atoms with Gasteiger partial charge in [-0.2, -0.15) is 0 Å². The van der Waals surface area contributed by atoms with Gasteiger partial charge in [0.15, 0.2) is 11.5 Å². The summed E-state index contributed by atoms with van der Waals surface area (Å²) in [6.07, 6.45) is 10.3. The topological polar surface area (TPSA) is 111 Å². The largest absolute Gasteiger partial charge is 0.493 e. The van der Waals surface area contributed by atoms with Crippen LogP contribution in [0.4, 0.5) is 0 Å². The fourth-order valence-corrected chi connectivity index (χ4v) is 2.19. The zero-order valence-electron chi connectivity index (χ0n) is 15.2. The monoisotopic (exact) mass is 376 g/mol. The fraction of sp³-hybridized carbons (Fsp3) is 0.316. The van der Waals surface area contributed by atoms with E-state index in [1.54, 1.807) is 13.3 Å². The number of aryl methyl sites for hydroxylation is 1. The number of unbranched alkanes of at least 4 members (excludes halogenated alkanes) is 1. The van der Waals surface area contributed by atoms with E-state index in [4.69, 9.17) is 29.3 Å². The molecule has 2 rings (SSSR count). The fourth-order valence-electron chi connectivity index (χ4n) is 2.19. The quantitative estimate of drug-likeness (QED) is 0.393. The van der Waals surface area contributed by atoms with Crippen LogP contribution in [0.25, 0.3) is 0 Å². The molecule has 0 amide bonds. The molecule has 1 aromatic carbocycles. The Morgan fingerprint density at radius 1 is 1.26 bits per heavy atom. The third kappa shape index (κ3) is 8.08. The van der Waals surface area contributed by atoms with Crippen molar-refractivity contribution in [2.75, 3.05) is 13.7 Å². The van der Waals surface area contributed by atoms with Crippen molar-refractivity contribution < 1.29 is 29.3 Å². The first kappa shape index (κ1) is 21.8. The van der Waals surface area contributed by atoms with E-state index in [1.165, 1.54) is 0 Å². The van der Waals surface area contributed by atoms with Gasteiger partial charge in [-0.05, 0) is 25.3 Å². The van der Waals surface area contributed by atoms with E-state index in [0.717, 1.165) is 42.9 Å². The molecule has 0 radical (unpaired) electrons. The lowest BCUT2D eigenvalue weighted by molar-refractivity contribution is -0.159. The minimum absolute atomic E-state index is 0.680. The third-order valence-corrected chi connectivity index (χ3v) is 3.44. The Bertz CT molecular complexity index is 716. The molecule has 2 N–H and O–H groups in total. The van der Waals surface area contributed by atoms with Gasteiger partial charge >= 0.3 is 11.9 Å². The van der Waals surface area contributed by atoms with Gasteiger partial charge in [-0.3, -0.25) is 0 Å². The van der Waals surface area contributed by atoms with Gasteiger partial charge in [0, 0.05) is 24.5 Å². The highest BCUT2D eigenvalue weighted by molar-refractivity contribution is 6.27. The Morgan fingerprint density at radius 2 is 2.00 bits per heavy atom. The molecular weight excluding hydrogens is 352 g/mol. The smallest absolute Gasteiger partial charge is 0.414 e. The molecule has 1 heterocycles. The number of aliphatic carboxylic acids is 2. The molecule has 0 aliphatic carbocycles. The van der Waals surface area contributed by atoms with E-state index in [2.05, 4.69) is 16.1 Å². The normalized spacial score (nSPS) is 9.67. The number of nitrogens with zero attached hydrogens (tertiary/aromatic N) is 2. The second-order valence-corrected chi connectivity index (χ2v) is 5.41. The van der Waals surface area contributed by atoms with Crippen LogP contribution in [-0.2, 0) is 22.6 Å². The van der Waals surface area contributed by atoms with E-state index < -0.39 is 11.9 Å². The Hall–Kier alpha value is -3.29. The summed E-state index contributed by atoms with van der Waals surface area (Å²) in [7, 11) is 1.67. The van der Waals surface area contributed by atoms with Crippen molar-refractivity contribution in [1.29, 1.82) is 0 Å². The number of aromatic nitrogens is 2. The second-order valence-electron chi connectivity index (χ2n) is 5.41. The number of ether oxygens (including phenoxy) is 2. The summed E-state index contributed by atoms with van der Waals surface area (Å²) in [4.78, 5) is 22.2. The number of rotatable bonds is 9. The number of allylic oxidation sites excluding steroid dienone is 1. The highest BCUT2D eigenvalue weighted by atomic mass is 16.5. The molecule has 0 spiro atoms. The van der Waals surface area contributed by atoms with Crippen LogP contribution in [0.15, 0.2) is 49.6 Å². The van der Waals surface area contributed by atoms with Crippen molar-refractivity contribution in [3.63, 3.8) is 0 Å². The molecule has 0 atom stereocenters. The van der Waals surface area contributed by atoms with Crippen molar-refractivity contribution in [2.24, 2.45) is 0 Å². The van der Waals surface area contributed by atoms with E-state index in [1.807, 2.05) is 36.8 Å². The van der Waals surface area contributed by atoms with Crippen LogP contribution in [0.3, 0.4) is 0 Å². The van der Waals surface area contributed by atoms with E-state index in [0.29, 0.717) is 6.61 Å². The predicted octanol–water partition coefficient (Wildman–Crippen LogP) is 2.63. The van der Waals surface area contributed by atoms with Gasteiger partial charge in [0.05, 0.1) is 20.0 Å². The number of hydrogen-bond acceptors (Lipinski definition) is 5. The second kappa shape index (κ2) is 12.1. The molecule has 0 aliphatic rings. The van der Waals surface area contributed by atoms with Gasteiger partial charge in [-0.25, -0.2) is 14.6 Å². The van der Waals surface area contributed by atoms with E-state index in [9.17, 15) is 0 Å². The van der Waals surface area contributed by atoms with Crippen LogP contribution in [0.5, 0.6) is 11.5 Å². The lowest BCUT2D eigenvalue weighted by Gasteiger charge is -2.14. The van der Waals surface area contributed by atoms with Crippen LogP contribution in [-0.4, -0.2) is 45.4 Å². The van der Waals surface area contributed by atoms with E-state index >= 15 is 0 Å². The number of methoxy groups -OCH3 is 1. The average molecular weight is 376 g/mol. The van der Waals surface area contributed by atoms with Gasteiger partial charge in [-0.15, -0.1) is 6.58 Å². The number of carbonyl (C=O) groups is 2. The molecule has 27 heavy (non-hydrogen) atoms. The standard InChI is InChI=1S/C17H22N2O2.C2H2O4/c1-3-7-15-8-6-9-16(20-2)17(15)21-13-5-4-11-19-12-10-18-14-19;3-1(4)2(5)6/h3,6,8-10,12,14H,1,4-5,7,11,13H2,2H3;(H,3,4)(H,5,6). The number of para-hydroxylation sites is 1. The maximum absolute atomic E-state index is 9.10. The highest BCUT2D eigenvalue weighted by Crippen LogP contribution is 2.31. The Labute approximate surface area is 157 Å². The van der Waals surface area contributed by atoms with Gasteiger partial charge in [0.25, 0.3) is 0 Å². The first-order valence-corrected chi connectivity index (χ1v) is 8.31. The average Bonchev–Trinajstić information content (AvgIpc) is 3.16. The molecule has 0 aliphatic heterocycles. The Balaban J connectivity index is 0.000000527. The minimum Gasteiger partial charge on any atom is -0.493 e. The van der Waals surface area contributed by atoms with Crippen LogP contribution in [0, 0.1) is 0 Å². The van der Waals surface area contributed by atoms with Gasteiger partial charge in [0.1, 0.15) is 0 Å². The molecular formula is C19H24N2O6. The molecule has 0 bridgehead atoms. The Kier molecular flexibility index (Phi) is 9.77. The number of hydrogen-bond donors (Lipinski definition) is 2. The van der Waals surface area contributed by atoms with Crippen molar-refractivity contribution in [1.82, 2.24) is 9.55 Å². The molecule has 8 heteroatoms. The first-order chi connectivity index (χ1) is 13.0. The molecule has 8 nitrogen and oxygen atoms in total. The molecule has 146 valence electrons. The summed E-state index contributed by atoms with van der Waals surface area (Å²) < 4.78 is 13.4. The molecule has 0 unspecified atom stereocenters. The molecule has 2 aromatic rings. The van der Waals surface area contributed by atoms with Crippen molar-refractivity contribution >= 4 is 11.9 Å². The van der Waals surface area contributed by atoms with Gasteiger partial charge < -0.3 is 24.3 Å². The van der Waals surface area contributed by atoms with Crippen LogP contribution < -0.4 is 9.47 Å². The van der Waals surface area contributed by atoms with E-state index in [-0.39, 0.29) is 0 Å². The zero-order valence-corrected chi connectivity index (χ0v) is 15.2. The third-order valence-electron chi connectivity index (χ3n) is 3.44. The van der Waals surface area contributed by atoms with Crippen molar-refractivity contribution in [2.45, 2.75) is 25.8 Å². The maximum atomic E-state index is 9.10. The summed E-state index contributed by atoms with van der Waals surface area (Å²) in [5.74, 6) is -2.03. The van der Waals surface area contributed by atoms with Gasteiger partial charge in [-0.1, -0.05) is 18.2 Å². The van der Waals surface area contributed by atoms with Crippen LogP contribution in [0.2, 0.25) is 0 Å². The maximum Gasteiger partial charge on any atom is 0.414 e. The molecule has 0 saturated heterocycles.